The fourth-order valence-corrected chi connectivity index (χ4v) is 3.81. The second-order valence-corrected chi connectivity index (χ2v) is 7.68. The maximum atomic E-state index is 13.2. The van der Waals surface area contributed by atoms with E-state index in [1.54, 1.807) is 23.2 Å². The summed E-state index contributed by atoms with van der Waals surface area (Å²) >= 11 is 0. The number of rotatable bonds is 5. The van der Waals surface area contributed by atoms with Crippen LogP contribution in [-0.2, 0) is 0 Å². The number of non-ortho nitro benzene ring substituents is 1. The third-order valence-corrected chi connectivity index (χ3v) is 5.18. The largest absolute Gasteiger partial charge is 0.350 e. The third kappa shape index (κ3) is 3.97. The van der Waals surface area contributed by atoms with E-state index < -0.39 is 4.92 Å². The van der Waals surface area contributed by atoms with E-state index in [9.17, 15) is 14.9 Å². The fourth-order valence-electron chi connectivity index (χ4n) is 3.81. The van der Waals surface area contributed by atoms with E-state index in [4.69, 9.17) is 0 Å². The summed E-state index contributed by atoms with van der Waals surface area (Å²) in [5, 5.41) is 15.3. The van der Waals surface area contributed by atoms with Crippen molar-refractivity contribution in [2.45, 2.75) is 26.1 Å². The number of H-pyrrole nitrogens is 1. The van der Waals surface area contributed by atoms with Gasteiger partial charge in [0.25, 0.3) is 11.6 Å². The molecule has 1 aromatic carbocycles. The normalized spacial score (nSPS) is 17.0. The Labute approximate surface area is 173 Å². The van der Waals surface area contributed by atoms with Crippen LogP contribution in [0.3, 0.4) is 0 Å². The highest BCUT2D eigenvalue weighted by atomic mass is 16.6. The number of aromatic nitrogens is 2. The first-order chi connectivity index (χ1) is 14.4. The van der Waals surface area contributed by atoms with Gasteiger partial charge in [0, 0.05) is 42.8 Å². The van der Waals surface area contributed by atoms with E-state index in [0.29, 0.717) is 30.8 Å². The van der Waals surface area contributed by atoms with Crippen LogP contribution in [0.1, 0.15) is 24.3 Å². The maximum absolute atomic E-state index is 13.2. The van der Waals surface area contributed by atoms with Gasteiger partial charge < -0.3 is 14.8 Å². The molecule has 2 N–H and O–H groups in total. The molecule has 1 aliphatic rings. The number of pyridine rings is 1. The molecular weight excluding hydrogens is 384 g/mol. The van der Waals surface area contributed by atoms with E-state index in [1.165, 1.54) is 12.1 Å². The molecular formula is C21H24N6O3. The molecule has 0 saturated carbocycles. The lowest BCUT2D eigenvalue weighted by Crippen LogP contribution is -2.61. The number of piperazine rings is 1. The van der Waals surface area contributed by atoms with Crippen molar-refractivity contribution in [1.82, 2.24) is 20.2 Å². The molecule has 0 radical (unpaired) electrons. The van der Waals surface area contributed by atoms with Gasteiger partial charge in [-0.05, 0) is 38.1 Å². The number of nitro benzene ring substituents is 1. The Morgan fingerprint density at radius 1 is 1.27 bits per heavy atom. The number of nitrogens with one attached hydrogen (secondary N) is 2. The van der Waals surface area contributed by atoms with Gasteiger partial charge in [-0.15, -0.1) is 0 Å². The fraction of sp³-hybridized carbons (Fsp3) is 0.333. The molecule has 1 aliphatic heterocycles. The minimum atomic E-state index is -0.444. The topological polar surface area (TPSA) is 107 Å². The van der Waals surface area contributed by atoms with Gasteiger partial charge in [0.05, 0.1) is 23.2 Å². The molecule has 156 valence electrons. The zero-order chi connectivity index (χ0) is 21.3. The van der Waals surface area contributed by atoms with E-state index in [0.717, 1.165) is 11.2 Å². The van der Waals surface area contributed by atoms with Gasteiger partial charge in [0.15, 0.2) is 0 Å². The van der Waals surface area contributed by atoms with Gasteiger partial charge >= 0.3 is 0 Å². The highest BCUT2D eigenvalue weighted by molar-refractivity contribution is 5.98. The number of carbonyl (C=O) groups excluding carboxylic acids is 1. The minimum absolute atomic E-state index is 0.00600. The lowest BCUT2D eigenvalue weighted by Gasteiger charge is -2.43. The number of nitrogens with zero attached hydrogens (tertiary/aromatic N) is 4. The smallest absolute Gasteiger partial charge is 0.271 e. The summed E-state index contributed by atoms with van der Waals surface area (Å²) in [4.78, 5) is 35.2. The zero-order valence-electron chi connectivity index (χ0n) is 16.9. The van der Waals surface area contributed by atoms with Crippen LogP contribution < -0.4 is 10.2 Å². The van der Waals surface area contributed by atoms with Crippen LogP contribution in [-0.4, -0.2) is 57.5 Å². The summed E-state index contributed by atoms with van der Waals surface area (Å²) in [6, 6.07) is 12.3. The molecule has 3 heterocycles. The maximum Gasteiger partial charge on any atom is 0.271 e. The predicted molar refractivity (Wildman–Crippen MR) is 114 cm³/mol. The average Bonchev–Trinajstić information content (AvgIpc) is 3.16. The van der Waals surface area contributed by atoms with E-state index in [2.05, 4.69) is 34.0 Å². The molecule has 0 aliphatic carbocycles. The van der Waals surface area contributed by atoms with Gasteiger partial charge in [-0.3, -0.25) is 20.2 Å². The summed E-state index contributed by atoms with van der Waals surface area (Å²) in [6.45, 7) is 5.85. The van der Waals surface area contributed by atoms with Crippen LogP contribution in [0, 0.1) is 10.1 Å². The third-order valence-electron chi connectivity index (χ3n) is 5.18. The highest BCUT2D eigenvalue weighted by Gasteiger charge is 2.31. The monoisotopic (exact) mass is 408 g/mol. The Morgan fingerprint density at radius 3 is 2.80 bits per heavy atom. The van der Waals surface area contributed by atoms with Crippen LogP contribution in [0.2, 0.25) is 0 Å². The Hall–Kier alpha value is -3.46. The molecule has 30 heavy (non-hydrogen) atoms. The SMILES string of the molecule is CC(C)NC1CN(C(=O)c2cc3ccc([N+](=O)[O-])cc3[nH]2)CCN1c1ccccn1. The van der Waals surface area contributed by atoms with Gasteiger partial charge in [-0.25, -0.2) is 4.98 Å². The number of carbonyl (C=O) groups is 1. The molecule has 1 atom stereocenters. The number of anilines is 1. The first-order valence-electron chi connectivity index (χ1n) is 9.92. The first kappa shape index (κ1) is 19.8. The van der Waals surface area contributed by atoms with Crippen molar-refractivity contribution in [1.29, 1.82) is 0 Å². The Kier molecular flexibility index (Phi) is 5.37. The molecule has 0 spiro atoms. The van der Waals surface area contributed by atoms with Crippen molar-refractivity contribution in [2.24, 2.45) is 0 Å². The number of hydrogen-bond acceptors (Lipinski definition) is 6. The highest BCUT2D eigenvalue weighted by Crippen LogP contribution is 2.23. The lowest BCUT2D eigenvalue weighted by atomic mass is 10.2. The van der Waals surface area contributed by atoms with Gasteiger partial charge in [0.1, 0.15) is 11.5 Å². The molecule has 9 nitrogen and oxygen atoms in total. The van der Waals surface area contributed by atoms with E-state index in [-0.39, 0.29) is 23.8 Å². The molecule has 1 fully saturated rings. The van der Waals surface area contributed by atoms with Crippen LogP contribution in [0.5, 0.6) is 0 Å². The van der Waals surface area contributed by atoms with Crippen LogP contribution in [0.4, 0.5) is 11.5 Å². The van der Waals surface area contributed by atoms with E-state index >= 15 is 0 Å². The predicted octanol–water partition coefficient (Wildman–Crippen LogP) is 2.76. The van der Waals surface area contributed by atoms with Crippen LogP contribution in [0.25, 0.3) is 10.9 Å². The second kappa shape index (κ2) is 8.11. The first-order valence-corrected chi connectivity index (χ1v) is 9.92. The van der Waals surface area contributed by atoms with E-state index in [1.807, 2.05) is 18.2 Å². The molecule has 3 aromatic rings. The molecule has 1 amide bonds. The van der Waals surface area contributed by atoms with Crippen molar-refractivity contribution >= 4 is 28.3 Å². The van der Waals surface area contributed by atoms with Crippen molar-refractivity contribution in [3.63, 3.8) is 0 Å². The number of nitro groups is 1. The van der Waals surface area contributed by atoms with Gasteiger partial charge in [-0.2, -0.15) is 0 Å². The summed E-state index contributed by atoms with van der Waals surface area (Å²) in [5.41, 5.74) is 1.00. The Bertz CT molecular complexity index is 1070. The average molecular weight is 408 g/mol. The number of amides is 1. The van der Waals surface area contributed by atoms with Crippen molar-refractivity contribution in [3.05, 3.63) is 64.5 Å². The molecule has 2 aromatic heterocycles. The van der Waals surface area contributed by atoms with Gasteiger partial charge in [0.2, 0.25) is 0 Å². The summed E-state index contributed by atoms with van der Waals surface area (Å²) in [5.74, 6) is 0.755. The lowest BCUT2D eigenvalue weighted by molar-refractivity contribution is -0.384. The number of fused-ring (bicyclic) bond motifs is 1. The number of benzene rings is 1. The molecule has 4 rings (SSSR count). The molecule has 9 heteroatoms. The number of aromatic amines is 1. The number of hydrogen-bond donors (Lipinski definition) is 2. The molecule has 1 unspecified atom stereocenters. The standard InChI is InChI=1S/C21H24N6O3/c1-14(2)23-20-13-25(9-10-26(20)19-5-3-4-8-22-19)21(28)18-11-15-6-7-16(27(29)30)12-17(15)24-18/h3-8,11-12,14,20,23-24H,9-10,13H2,1-2H3. The molecule has 0 bridgehead atoms. The summed E-state index contributed by atoms with van der Waals surface area (Å²) < 4.78 is 0. The summed E-state index contributed by atoms with van der Waals surface area (Å²) in [6.07, 6.45) is 1.70. The summed E-state index contributed by atoms with van der Waals surface area (Å²) in [7, 11) is 0. The Morgan fingerprint density at radius 2 is 2.10 bits per heavy atom. The second-order valence-electron chi connectivity index (χ2n) is 7.68. The zero-order valence-corrected chi connectivity index (χ0v) is 16.9. The quantitative estimate of drug-likeness (QED) is 0.497. The van der Waals surface area contributed by atoms with Crippen molar-refractivity contribution < 1.29 is 9.72 Å². The minimum Gasteiger partial charge on any atom is -0.350 e. The van der Waals surface area contributed by atoms with Crippen LogP contribution in [0.15, 0.2) is 48.7 Å². The van der Waals surface area contributed by atoms with Gasteiger partial charge in [-0.1, -0.05) is 6.07 Å². The van der Waals surface area contributed by atoms with Crippen LogP contribution >= 0.6 is 0 Å². The van der Waals surface area contributed by atoms with Crippen molar-refractivity contribution in [2.75, 3.05) is 24.5 Å². The van der Waals surface area contributed by atoms with Crippen molar-refractivity contribution in [3.8, 4) is 0 Å². The molecule has 1 saturated heterocycles. The Balaban J connectivity index is 1.56.